The molecule has 2 saturated heterocycles. The second-order valence-corrected chi connectivity index (χ2v) is 9.59. The molecule has 0 aromatic carbocycles. The fraction of sp³-hybridized carbons (Fsp3) is 0.591. The van der Waals surface area contributed by atoms with Gasteiger partial charge < -0.3 is 19.9 Å². The highest BCUT2D eigenvalue weighted by atomic mass is 16.5. The van der Waals surface area contributed by atoms with Crippen LogP contribution in [-0.2, 0) is 11.8 Å². The van der Waals surface area contributed by atoms with Crippen LogP contribution in [0.3, 0.4) is 0 Å². The second kappa shape index (κ2) is 7.12. The van der Waals surface area contributed by atoms with Gasteiger partial charge in [-0.2, -0.15) is 10.2 Å². The van der Waals surface area contributed by atoms with Crippen LogP contribution >= 0.6 is 0 Å². The third-order valence-electron chi connectivity index (χ3n) is 7.28. The Morgan fingerprint density at radius 3 is 2.55 bits per heavy atom. The van der Waals surface area contributed by atoms with Crippen molar-refractivity contribution < 1.29 is 4.74 Å². The number of ether oxygens (including phenoxy) is 1. The largest absolute Gasteiger partial charge is 0.382 e. The van der Waals surface area contributed by atoms with Crippen LogP contribution in [0, 0.1) is 11.3 Å². The van der Waals surface area contributed by atoms with Crippen molar-refractivity contribution in [3.8, 4) is 11.3 Å². The molecular weight excluding hydrogens is 394 g/mol. The molecule has 0 amide bonds. The molecule has 0 aliphatic carbocycles. The first-order valence-corrected chi connectivity index (χ1v) is 11.1. The van der Waals surface area contributed by atoms with Crippen molar-refractivity contribution in [2.75, 3.05) is 36.9 Å². The average Bonchev–Trinajstić information content (AvgIpc) is 3.30. The van der Waals surface area contributed by atoms with Gasteiger partial charge in [-0.05, 0) is 25.7 Å². The monoisotopic (exact) mass is 425 g/mol. The van der Waals surface area contributed by atoms with E-state index >= 15 is 0 Å². The summed E-state index contributed by atoms with van der Waals surface area (Å²) in [6, 6.07) is 2.13. The van der Waals surface area contributed by atoms with Crippen LogP contribution in [0.1, 0.15) is 39.7 Å². The summed E-state index contributed by atoms with van der Waals surface area (Å²) in [6.45, 7) is 10.1. The van der Waals surface area contributed by atoms with Gasteiger partial charge in [0.05, 0.1) is 24.4 Å². The van der Waals surface area contributed by atoms with E-state index in [2.05, 4.69) is 41.9 Å². The van der Waals surface area contributed by atoms with Crippen LogP contribution in [0.4, 0.5) is 11.6 Å². The maximum atomic E-state index is 13.1. The normalized spacial score (nSPS) is 19.3. The molecule has 0 saturated carbocycles. The van der Waals surface area contributed by atoms with Crippen molar-refractivity contribution in [2.24, 2.45) is 18.4 Å². The molecule has 0 bridgehead atoms. The standard InChI is InChI=1S/C22H31N7O2/c1-13(2)14(3)29-10-15(19-18(21(29)30)20(23)25-24-19)16-9-17(27(4)26-16)28-7-5-22(6-8-28)11-31-12-22/h9-10,13-14H,5-8,11-12H2,1-4H3,(H3,23,24,25)/t14-/m0/s1. The highest BCUT2D eigenvalue weighted by molar-refractivity contribution is 5.97. The second-order valence-electron chi connectivity index (χ2n) is 9.59. The summed E-state index contributed by atoms with van der Waals surface area (Å²) in [4.78, 5) is 15.5. The number of piperidine rings is 1. The number of fused-ring (bicyclic) bond motifs is 1. The van der Waals surface area contributed by atoms with Crippen molar-refractivity contribution in [3.05, 3.63) is 22.6 Å². The molecule has 5 heterocycles. The van der Waals surface area contributed by atoms with Crippen molar-refractivity contribution in [1.82, 2.24) is 24.5 Å². The molecule has 9 nitrogen and oxygen atoms in total. The van der Waals surface area contributed by atoms with Gasteiger partial charge in [-0.1, -0.05) is 13.8 Å². The minimum absolute atomic E-state index is 0.0242. The summed E-state index contributed by atoms with van der Waals surface area (Å²) in [5.74, 6) is 1.61. The molecule has 2 aliphatic heterocycles. The van der Waals surface area contributed by atoms with Crippen molar-refractivity contribution >= 4 is 22.5 Å². The van der Waals surface area contributed by atoms with Gasteiger partial charge >= 0.3 is 0 Å². The number of hydrogen-bond donors (Lipinski definition) is 2. The molecule has 2 fully saturated rings. The molecule has 2 aliphatic rings. The summed E-state index contributed by atoms with van der Waals surface area (Å²) < 4.78 is 9.15. The Balaban J connectivity index is 1.56. The first-order valence-electron chi connectivity index (χ1n) is 11.1. The van der Waals surface area contributed by atoms with E-state index in [4.69, 9.17) is 15.6 Å². The van der Waals surface area contributed by atoms with Crippen LogP contribution in [0.15, 0.2) is 17.1 Å². The summed E-state index contributed by atoms with van der Waals surface area (Å²) in [6.07, 6.45) is 4.19. The summed E-state index contributed by atoms with van der Waals surface area (Å²) in [5, 5.41) is 12.3. The van der Waals surface area contributed by atoms with Crippen LogP contribution in [0.5, 0.6) is 0 Å². The molecule has 1 atom stereocenters. The number of aromatic nitrogens is 5. The minimum Gasteiger partial charge on any atom is -0.382 e. The van der Waals surface area contributed by atoms with E-state index in [-0.39, 0.29) is 17.4 Å². The van der Waals surface area contributed by atoms with E-state index in [1.807, 2.05) is 17.9 Å². The molecular formula is C22H31N7O2. The highest BCUT2D eigenvalue weighted by Crippen LogP contribution is 2.40. The zero-order valence-corrected chi connectivity index (χ0v) is 18.7. The van der Waals surface area contributed by atoms with Gasteiger partial charge in [0.1, 0.15) is 11.2 Å². The summed E-state index contributed by atoms with van der Waals surface area (Å²) in [7, 11) is 1.97. The highest BCUT2D eigenvalue weighted by Gasteiger charge is 2.41. The lowest BCUT2D eigenvalue weighted by molar-refractivity contribution is -0.124. The molecule has 3 aromatic rings. The van der Waals surface area contributed by atoms with Crippen molar-refractivity contribution in [1.29, 1.82) is 0 Å². The van der Waals surface area contributed by atoms with Gasteiger partial charge in [0.2, 0.25) is 0 Å². The first-order chi connectivity index (χ1) is 14.8. The lowest BCUT2D eigenvalue weighted by atomic mass is 9.77. The molecule has 3 N–H and O–H groups in total. The van der Waals surface area contributed by atoms with Gasteiger partial charge in [0, 0.05) is 49.4 Å². The number of aryl methyl sites for hydroxylation is 1. The molecule has 3 aromatic heterocycles. The van der Waals surface area contributed by atoms with E-state index in [1.165, 1.54) is 0 Å². The number of nitrogens with two attached hydrogens (primary N) is 1. The predicted octanol–water partition coefficient (Wildman–Crippen LogP) is 2.54. The number of H-pyrrole nitrogens is 1. The Kier molecular flexibility index (Phi) is 4.62. The SMILES string of the molecule is CC(C)[C@H](C)n1cc(-c2cc(N3CCC4(CC3)COC4)n(C)n2)c2[nH]nc(N)c2c1=O. The van der Waals surface area contributed by atoms with Crippen molar-refractivity contribution in [2.45, 2.75) is 39.7 Å². The predicted molar refractivity (Wildman–Crippen MR) is 121 cm³/mol. The molecule has 1 spiro atoms. The number of pyridine rings is 1. The van der Waals surface area contributed by atoms with Gasteiger partial charge in [0.15, 0.2) is 5.82 Å². The summed E-state index contributed by atoms with van der Waals surface area (Å²) in [5.41, 5.74) is 8.63. The number of hydrogen-bond acceptors (Lipinski definition) is 6. The minimum atomic E-state index is -0.119. The molecule has 0 radical (unpaired) electrons. The summed E-state index contributed by atoms with van der Waals surface area (Å²) >= 11 is 0. The number of aromatic amines is 1. The maximum Gasteiger partial charge on any atom is 0.264 e. The number of rotatable bonds is 4. The van der Waals surface area contributed by atoms with Crippen LogP contribution in [0.25, 0.3) is 22.2 Å². The smallest absolute Gasteiger partial charge is 0.264 e. The Morgan fingerprint density at radius 2 is 1.94 bits per heavy atom. The van der Waals surface area contributed by atoms with E-state index in [0.717, 1.165) is 56.2 Å². The zero-order valence-electron chi connectivity index (χ0n) is 18.7. The van der Waals surface area contributed by atoms with Crippen LogP contribution in [0.2, 0.25) is 0 Å². The molecule has 31 heavy (non-hydrogen) atoms. The van der Waals surface area contributed by atoms with Crippen LogP contribution < -0.4 is 16.2 Å². The van der Waals surface area contributed by atoms with E-state index in [0.29, 0.717) is 22.2 Å². The van der Waals surface area contributed by atoms with Gasteiger partial charge in [-0.25, -0.2) is 0 Å². The molecule has 9 heteroatoms. The number of nitrogens with zero attached hydrogens (tertiary/aromatic N) is 5. The zero-order chi connectivity index (χ0) is 21.9. The molecule has 5 rings (SSSR count). The Labute approximate surface area is 181 Å². The molecule has 0 unspecified atom stereocenters. The lowest BCUT2D eigenvalue weighted by Gasteiger charge is -2.47. The Bertz CT molecular complexity index is 1170. The quantitative estimate of drug-likeness (QED) is 0.665. The number of nitrogens with one attached hydrogen (secondary N) is 1. The fourth-order valence-corrected chi connectivity index (χ4v) is 4.75. The Hall–Kier alpha value is -2.81. The molecule has 166 valence electrons. The lowest BCUT2D eigenvalue weighted by Crippen LogP contribution is -2.51. The third kappa shape index (κ3) is 3.13. The van der Waals surface area contributed by atoms with Gasteiger partial charge in [-0.15, -0.1) is 0 Å². The average molecular weight is 426 g/mol. The van der Waals surface area contributed by atoms with Crippen LogP contribution in [-0.4, -0.2) is 50.8 Å². The van der Waals surface area contributed by atoms with Gasteiger partial charge in [0.25, 0.3) is 5.56 Å². The van der Waals surface area contributed by atoms with E-state index in [1.54, 1.807) is 4.57 Å². The number of nitrogen functional groups attached to an aromatic ring is 1. The van der Waals surface area contributed by atoms with Crippen molar-refractivity contribution in [3.63, 3.8) is 0 Å². The van der Waals surface area contributed by atoms with E-state index in [9.17, 15) is 4.79 Å². The topological polar surface area (TPSA) is 107 Å². The van der Waals surface area contributed by atoms with Gasteiger partial charge in [-0.3, -0.25) is 14.6 Å². The fourth-order valence-electron chi connectivity index (χ4n) is 4.75. The van der Waals surface area contributed by atoms with E-state index < -0.39 is 0 Å². The first kappa shape index (κ1) is 20.1. The number of anilines is 2. The Morgan fingerprint density at radius 1 is 1.23 bits per heavy atom. The maximum absolute atomic E-state index is 13.1. The third-order valence-corrected chi connectivity index (χ3v) is 7.28.